The van der Waals surface area contributed by atoms with Crippen LogP contribution in [-0.4, -0.2) is 4.57 Å². The Balaban J connectivity index is 0.00000177. The summed E-state index contributed by atoms with van der Waals surface area (Å²) in [4.78, 5) is 5.09. The van der Waals surface area contributed by atoms with Crippen LogP contribution in [-0.2, 0) is 0 Å². The third-order valence-corrected chi connectivity index (χ3v) is 11.6. The Kier molecular flexibility index (Phi) is 8.95. The monoisotopic (exact) mass is 699 g/mol. The first kappa shape index (κ1) is 32.0. The maximum absolute atomic E-state index is 6.24. The number of rotatable bonds is 6. The van der Waals surface area contributed by atoms with Crippen molar-refractivity contribution in [1.29, 1.82) is 0 Å². The lowest BCUT2D eigenvalue weighted by Gasteiger charge is -2.10. The molecule has 1 nitrogen and oxygen atoms in total. The second-order valence-corrected chi connectivity index (χ2v) is 14.5. The Hall–Kier alpha value is -5.19. The largest absolute Gasteiger partial charge is 0.309 e. The lowest BCUT2D eigenvalue weighted by molar-refractivity contribution is 1.18. The Morgan fingerprint density at radius 3 is 1.30 bits per heavy atom. The van der Waals surface area contributed by atoms with Crippen LogP contribution >= 0.6 is 34.3 Å². The van der Waals surface area contributed by atoms with Crippen molar-refractivity contribution in [3.8, 4) is 58.6 Å². The molecule has 9 rings (SSSR count). The minimum absolute atomic E-state index is 0.745. The number of aromatic nitrogens is 1. The summed E-state index contributed by atoms with van der Waals surface area (Å²) in [6.07, 6.45) is 0. The fourth-order valence-electron chi connectivity index (χ4n) is 6.55. The first-order chi connectivity index (χ1) is 24.7. The van der Waals surface area contributed by atoms with Gasteiger partial charge in [-0.25, -0.2) is 0 Å². The van der Waals surface area contributed by atoms with Gasteiger partial charge >= 0.3 is 0 Å². The van der Waals surface area contributed by atoms with Gasteiger partial charge in [0.2, 0.25) is 0 Å². The summed E-state index contributed by atoms with van der Waals surface area (Å²) >= 11 is 9.91. The molecule has 0 aliphatic rings. The Morgan fingerprint density at radius 2 is 0.780 bits per heavy atom. The summed E-state index contributed by atoms with van der Waals surface area (Å²) < 4.78 is 2.40. The van der Waals surface area contributed by atoms with E-state index in [1.807, 2.05) is 48.7 Å². The van der Waals surface area contributed by atoms with Gasteiger partial charge < -0.3 is 4.57 Å². The third-order valence-electron chi connectivity index (χ3n) is 8.97. The molecule has 0 unspecified atom stereocenters. The summed E-state index contributed by atoms with van der Waals surface area (Å²) in [5, 5.41) is 3.21. The molecule has 0 saturated carbocycles. The van der Waals surface area contributed by atoms with E-state index in [0.29, 0.717) is 0 Å². The molecule has 0 N–H and O–H groups in total. The fraction of sp³-hybridized carbons (Fsp3) is 0.0435. The minimum atomic E-state index is 0.745. The van der Waals surface area contributed by atoms with E-state index in [0.717, 1.165) is 16.3 Å². The summed E-state index contributed by atoms with van der Waals surface area (Å²) in [6.45, 7) is 4.00. The molecular formula is C46H34ClNS2. The molecule has 0 fully saturated rings. The Labute approximate surface area is 306 Å². The smallest absolute Gasteiger partial charge is 0.0541 e. The van der Waals surface area contributed by atoms with Crippen LogP contribution in [0.5, 0.6) is 0 Å². The second-order valence-electron chi connectivity index (χ2n) is 11.9. The van der Waals surface area contributed by atoms with Crippen LogP contribution in [0.15, 0.2) is 170 Å². The van der Waals surface area contributed by atoms with Gasteiger partial charge in [-0.05, 0) is 106 Å². The third kappa shape index (κ3) is 6.09. The topological polar surface area (TPSA) is 4.93 Å². The van der Waals surface area contributed by atoms with Gasteiger partial charge in [-0.3, -0.25) is 0 Å². The summed E-state index contributed by atoms with van der Waals surface area (Å²) in [7, 11) is 0. The molecule has 6 aromatic carbocycles. The van der Waals surface area contributed by atoms with E-state index in [1.165, 1.54) is 69.1 Å². The van der Waals surface area contributed by atoms with E-state index < -0.39 is 0 Å². The van der Waals surface area contributed by atoms with Crippen LogP contribution in [0, 0.1) is 0 Å². The maximum Gasteiger partial charge on any atom is 0.0541 e. The van der Waals surface area contributed by atoms with Crippen LogP contribution in [0.3, 0.4) is 0 Å². The van der Waals surface area contributed by atoms with E-state index in [9.17, 15) is 0 Å². The predicted octanol–water partition coefficient (Wildman–Crippen LogP) is 14.9. The molecule has 4 heteroatoms. The molecule has 50 heavy (non-hydrogen) atoms. The Bertz CT molecular complexity index is 2540. The lowest BCUT2D eigenvalue weighted by Crippen LogP contribution is -1.93. The molecule has 3 heterocycles. The van der Waals surface area contributed by atoms with Crippen molar-refractivity contribution in [2.24, 2.45) is 0 Å². The highest BCUT2D eigenvalue weighted by atomic mass is 35.5. The van der Waals surface area contributed by atoms with Gasteiger partial charge in [-0.1, -0.05) is 123 Å². The summed E-state index contributed by atoms with van der Waals surface area (Å²) in [5.41, 5.74) is 10.8. The van der Waals surface area contributed by atoms with Crippen LogP contribution < -0.4 is 0 Å². The number of nitrogens with zero attached hydrogens (tertiary/aromatic N) is 1. The van der Waals surface area contributed by atoms with Gasteiger partial charge in [0, 0.05) is 41.0 Å². The number of hydrogen-bond acceptors (Lipinski definition) is 2. The van der Waals surface area contributed by atoms with Crippen molar-refractivity contribution in [2.75, 3.05) is 0 Å². The van der Waals surface area contributed by atoms with Crippen LogP contribution in [0.2, 0.25) is 5.02 Å². The van der Waals surface area contributed by atoms with Crippen molar-refractivity contribution in [2.45, 2.75) is 13.8 Å². The number of fused-ring (bicyclic) bond motifs is 3. The number of benzene rings is 6. The number of hydrogen-bond donors (Lipinski definition) is 0. The van der Waals surface area contributed by atoms with Gasteiger partial charge in [-0.15, -0.1) is 22.7 Å². The van der Waals surface area contributed by atoms with Gasteiger partial charge in [0.1, 0.15) is 0 Å². The Morgan fingerprint density at radius 1 is 0.380 bits per heavy atom. The van der Waals surface area contributed by atoms with Crippen molar-refractivity contribution < 1.29 is 0 Å². The van der Waals surface area contributed by atoms with E-state index in [2.05, 4.69) is 162 Å². The molecule has 0 saturated heterocycles. The molecule has 0 spiro atoms. The van der Waals surface area contributed by atoms with E-state index in [-0.39, 0.29) is 0 Å². The zero-order valence-corrected chi connectivity index (χ0v) is 30.2. The lowest BCUT2D eigenvalue weighted by atomic mass is 10.0. The van der Waals surface area contributed by atoms with E-state index in [4.69, 9.17) is 11.6 Å². The number of thiophene rings is 2. The van der Waals surface area contributed by atoms with E-state index >= 15 is 0 Å². The normalized spacial score (nSPS) is 11.1. The zero-order valence-electron chi connectivity index (χ0n) is 27.8. The van der Waals surface area contributed by atoms with Gasteiger partial charge in [0.25, 0.3) is 0 Å². The first-order valence-corrected chi connectivity index (χ1v) is 18.9. The quantitative estimate of drug-likeness (QED) is 0.163. The van der Waals surface area contributed by atoms with Gasteiger partial charge in [0.05, 0.1) is 11.0 Å². The SMILES string of the molecule is CC.Clc1ccc(-c2ccc3c(c2)c2cc(-c4ccc(-c5ccccc5)s4)ccc2n3-c2ccc(-c3ccc(-c4ccccc4)s3)cc2)cc1. The maximum atomic E-state index is 6.24. The average molecular weight is 700 g/mol. The molecular weight excluding hydrogens is 666 g/mol. The summed E-state index contributed by atoms with van der Waals surface area (Å²) in [5.74, 6) is 0. The van der Waals surface area contributed by atoms with Crippen molar-refractivity contribution in [1.82, 2.24) is 4.57 Å². The standard InChI is InChI=1S/C44H28ClNS2.C2H6/c45-35-17-11-29(12-18-35)33-15-21-39-37(27-33)38-28-34(44-26-25-42(48-44)31-9-5-2-6-10-31)16-22-40(38)46(39)36-19-13-32(14-20-36)43-24-23-41(47-43)30-7-3-1-4-8-30;1-2/h1-28H;1-2H3. The van der Waals surface area contributed by atoms with Crippen molar-refractivity contribution in [3.05, 3.63) is 175 Å². The first-order valence-electron chi connectivity index (χ1n) is 16.9. The minimum Gasteiger partial charge on any atom is -0.309 e. The molecule has 0 atom stereocenters. The summed E-state index contributed by atoms with van der Waals surface area (Å²) in [6, 6.07) is 61.0. The highest BCUT2D eigenvalue weighted by molar-refractivity contribution is 7.19. The van der Waals surface area contributed by atoms with Crippen LogP contribution in [0.4, 0.5) is 0 Å². The second kappa shape index (κ2) is 14.0. The zero-order chi connectivity index (χ0) is 34.0. The van der Waals surface area contributed by atoms with Gasteiger partial charge in [0.15, 0.2) is 0 Å². The molecule has 3 aromatic heterocycles. The molecule has 0 aliphatic heterocycles. The molecule has 0 aliphatic carbocycles. The van der Waals surface area contributed by atoms with Crippen molar-refractivity contribution in [3.63, 3.8) is 0 Å². The van der Waals surface area contributed by atoms with Crippen molar-refractivity contribution >= 4 is 56.1 Å². The number of halogens is 1. The predicted molar refractivity (Wildman–Crippen MR) is 220 cm³/mol. The molecule has 242 valence electrons. The fourth-order valence-corrected chi connectivity index (χ4v) is 8.70. The van der Waals surface area contributed by atoms with Crippen LogP contribution in [0.1, 0.15) is 13.8 Å². The van der Waals surface area contributed by atoms with E-state index in [1.54, 1.807) is 0 Å². The van der Waals surface area contributed by atoms with Crippen LogP contribution in [0.25, 0.3) is 80.4 Å². The molecule has 9 aromatic rings. The molecule has 0 bridgehead atoms. The molecule has 0 radical (unpaired) electrons. The highest BCUT2D eigenvalue weighted by Gasteiger charge is 2.16. The highest BCUT2D eigenvalue weighted by Crippen LogP contribution is 2.41. The average Bonchev–Trinajstić information content (AvgIpc) is 3.95. The van der Waals surface area contributed by atoms with Gasteiger partial charge in [-0.2, -0.15) is 0 Å². The molecule has 0 amide bonds.